The Labute approximate surface area is 113 Å². The quantitative estimate of drug-likeness (QED) is 0.818. The first-order chi connectivity index (χ1) is 8.30. The van der Waals surface area contributed by atoms with Crippen molar-refractivity contribution < 1.29 is 4.42 Å². The van der Waals surface area contributed by atoms with Gasteiger partial charge in [0.1, 0.15) is 11.5 Å². The molecule has 0 saturated heterocycles. The summed E-state index contributed by atoms with van der Waals surface area (Å²) in [6.45, 7) is 10.6. The van der Waals surface area contributed by atoms with Crippen LogP contribution >= 0.6 is 12.2 Å². The number of nitrogens with zero attached hydrogens (tertiary/aromatic N) is 1. The smallest absolute Gasteiger partial charge is 0.178 e. The van der Waals surface area contributed by atoms with Crippen LogP contribution < -0.4 is 0 Å². The Balaban J connectivity index is 2.51. The summed E-state index contributed by atoms with van der Waals surface area (Å²) in [6, 6.07) is 4.10. The van der Waals surface area contributed by atoms with Crippen molar-refractivity contribution in [2.45, 2.75) is 46.1 Å². The number of furan rings is 1. The summed E-state index contributed by atoms with van der Waals surface area (Å²) in [5.74, 6) is 1.87. The van der Waals surface area contributed by atoms with Gasteiger partial charge in [-0.05, 0) is 38.2 Å². The molecular formula is C14H20N2OS. The normalized spacial score (nSPS) is 13.8. The van der Waals surface area contributed by atoms with E-state index in [0.29, 0.717) is 0 Å². The molecule has 1 unspecified atom stereocenters. The van der Waals surface area contributed by atoms with Gasteiger partial charge in [0.2, 0.25) is 0 Å². The fourth-order valence-corrected chi connectivity index (χ4v) is 2.46. The van der Waals surface area contributed by atoms with Gasteiger partial charge in [-0.2, -0.15) is 0 Å². The maximum Gasteiger partial charge on any atom is 0.178 e. The SMILES string of the molecule is Cc1ccc(C(C)n2c(C(C)(C)C)c[nH]c2=S)o1. The Morgan fingerprint density at radius 1 is 1.33 bits per heavy atom. The zero-order chi connectivity index (χ0) is 13.5. The average molecular weight is 264 g/mol. The van der Waals surface area contributed by atoms with Crippen LogP contribution in [0.2, 0.25) is 0 Å². The van der Waals surface area contributed by atoms with Crippen molar-refractivity contribution in [2.75, 3.05) is 0 Å². The van der Waals surface area contributed by atoms with Crippen molar-refractivity contribution in [2.24, 2.45) is 0 Å². The van der Waals surface area contributed by atoms with Crippen LogP contribution in [0.3, 0.4) is 0 Å². The van der Waals surface area contributed by atoms with E-state index in [1.807, 2.05) is 25.3 Å². The van der Waals surface area contributed by atoms with E-state index < -0.39 is 0 Å². The topological polar surface area (TPSA) is 33.9 Å². The maximum absolute atomic E-state index is 5.71. The van der Waals surface area contributed by atoms with Crippen LogP contribution in [0.5, 0.6) is 0 Å². The first kappa shape index (κ1) is 13.1. The Morgan fingerprint density at radius 3 is 2.50 bits per heavy atom. The van der Waals surface area contributed by atoms with E-state index in [1.54, 1.807) is 0 Å². The first-order valence-corrected chi connectivity index (χ1v) is 6.58. The van der Waals surface area contributed by atoms with Gasteiger partial charge in [0, 0.05) is 17.3 Å². The predicted octanol–water partition coefficient (Wildman–Crippen LogP) is 4.35. The van der Waals surface area contributed by atoms with Gasteiger partial charge in [0.25, 0.3) is 0 Å². The van der Waals surface area contributed by atoms with Crippen molar-refractivity contribution in [3.63, 3.8) is 0 Å². The van der Waals surface area contributed by atoms with E-state index in [-0.39, 0.29) is 11.5 Å². The Kier molecular flexibility index (Phi) is 3.23. The highest BCUT2D eigenvalue weighted by atomic mass is 32.1. The molecule has 0 aliphatic carbocycles. The third-order valence-electron chi connectivity index (χ3n) is 3.14. The Hall–Kier alpha value is -1.29. The lowest BCUT2D eigenvalue weighted by Crippen LogP contribution is -2.20. The molecule has 4 heteroatoms. The van der Waals surface area contributed by atoms with Crippen molar-refractivity contribution >= 4 is 12.2 Å². The number of imidazole rings is 1. The number of aryl methyl sites for hydroxylation is 1. The molecule has 0 aliphatic heterocycles. The van der Waals surface area contributed by atoms with E-state index >= 15 is 0 Å². The van der Waals surface area contributed by atoms with Crippen LogP contribution in [0.15, 0.2) is 22.7 Å². The Morgan fingerprint density at radius 2 is 2.00 bits per heavy atom. The number of H-pyrrole nitrogens is 1. The summed E-state index contributed by atoms with van der Waals surface area (Å²) in [4.78, 5) is 3.14. The van der Waals surface area contributed by atoms with E-state index in [0.717, 1.165) is 16.3 Å². The van der Waals surface area contributed by atoms with E-state index in [1.165, 1.54) is 5.69 Å². The summed E-state index contributed by atoms with van der Waals surface area (Å²) in [6.07, 6.45) is 1.99. The number of hydrogen-bond donors (Lipinski definition) is 1. The summed E-state index contributed by atoms with van der Waals surface area (Å²) >= 11 is 5.39. The summed E-state index contributed by atoms with van der Waals surface area (Å²) in [7, 11) is 0. The second kappa shape index (κ2) is 4.43. The molecule has 1 atom stereocenters. The maximum atomic E-state index is 5.71. The van der Waals surface area contributed by atoms with Crippen molar-refractivity contribution in [3.05, 3.63) is 40.3 Å². The minimum atomic E-state index is 0.0451. The van der Waals surface area contributed by atoms with Crippen LogP contribution in [0.25, 0.3) is 0 Å². The van der Waals surface area contributed by atoms with E-state index in [9.17, 15) is 0 Å². The molecule has 0 radical (unpaired) electrons. The van der Waals surface area contributed by atoms with Gasteiger partial charge in [0.15, 0.2) is 4.77 Å². The molecule has 1 N–H and O–H groups in total. The molecular weight excluding hydrogens is 244 g/mol. The molecule has 2 heterocycles. The van der Waals surface area contributed by atoms with E-state index in [2.05, 4.69) is 37.2 Å². The predicted molar refractivity (Wildman–Crippen MR) is 75.6 cm³/mol. The minimum Gasteiger partial charge on any atom is -0.464 e. The largest absolute Gasteiger partial charge is 0.464 e. The van der Waals surface area contributed by atoms with Crippen LogP contribution in [-0.2, 0) is 5.41 Å². The zero-order valence-corrected chi connectivity index (χ0v) is 12.4. The van der Waals surface area contributed by atoms with Gasteiger partial charge in [-0.3, -0.25) is 0 Å². The number of aromatic nitrogens is 2. The van der Waals surface area contributed by atoms with Crippen LogP contribution in [-0.4, -0.2) is 9.55 Å². The lowest BCUT2D eigenvalue weighted by molar-refractivity contribution is 0.407. The van der Waals surface area contributed by atoms with Crippen molar-refractivity contribution in [1.82, 2.24) is 9.55 Å². The van der Waals surface area contributed by atoms with Crippen molar-refractivity contribution in [1.29, 1.82) is 0 Å². The average Bonchev–Trinajstić information content (AvgIpc) is 2.82. The second-order valence-electron chi connectivity index (χ2n) is 5.72. The number of hydrogen-bond acceptors (Lipinski definition) is 2. The van der Waals surface area contributed by atoms with Gasteiger partial charge >= 0.3 is 0 Å². The van der Waals surface area contributed by atoms with Gasteiger partial charge in [0.05, 0.1) is 6.04 Å². The molecule has 0 fully saturated rings. The molecule has 2 aromatic rings. The third-order valence-corrected chi connectivity index (χ3v) is 3.45. The van der Waals surface area contributed by atoms with E-state index in [4.69, 9.17) is 16.6 Å². The molecule has 0 aliphatic rings. The van der Waals surface area contributed by atoms with Crippen LogP contribution in [0.1, 0.15) is 51.0 Å². The molecule has 0 saturated carbocycles. The second-order valence-corrected chi connectivity index (χ2v) is 6.11. The molecule has 0 aromatic carbocycles. The molecule has 0 amide bonds. The Bertz CT molecular complexity index is 598. The molecule has 2 rings (SSSR count). The number of rotatable bonds is 2. The standard InChI is InChI=1S/C14H20N2OS/c1-9-6-7-11(17-9)10(2)16-12(14(3,4)5)8-15-13(16)18/h6-8,10H,1-5H3,(H,15,18). The van der Waals surface area contributed by atoms with Gasteiger partial charge in [-0.25, -0.2) is 0 Å². The lowest BCUT2D eigenvalue weighted by atomic mass is 9.92. The van der Waals surface area contributed by atoms with Gasteiger partial charge in [-0.1, -0.05) is 20.8 Å². The summed E-state index contributed by atoms with van der Waals surface area (Å²) < 4.78 is 8.58. The molecule has 98 valence electrons. The summed E-state index contributed by atoms with van der Waals surface area (Å²) in [5, 5.41) is 0. The molecule has 0 bridgehead atoms. The third kappa shape index (κ3) is 2.29. The lowest BCUT2D eigenvalue weighted by Gasteiger charge is -2.23. The zero-order valence-electron chi connectivity index (χ0n) is 11.6. The molecule has 3 nitrogen and oxygen atoms in total. The first-order valence-electron chi connectivity index (χ1n) is 6.17. The highest BCUT2D eigenvalue weighted by Crippen LogP contribution is 2.29. The molecule has 18 heavy (non-hydrogen) atoms. The monoisotopic (exact) mass is 264 g/mol. The highest BCUT2D eigenvalue weighted by Gasteiger charge is 2.23. The molecule has 2 aromatic heterocycles. The summed E-state index contributed by atoms with van der Waals surface area (Å²) in [5.41, 5.74) is 1.23. The van der Waals surface area contributed by atoms with Crippen LogP contribution in [0.4, 0.5) is 0 Å². The number of nitrogens with one attached hydrogen (secondary N) is 1. The van der Waals surface area contributed by atoms with Gasteiger partial charge in [-0.15, -0.1) is 0 Å². The van der Waals surface area contributed by atoms with Crippen LogP contribution in [0, 0.1) is 11.7 Å². The fourth-order valence-electron chi connectivity index (χ4n) is 2.15. The highest BCUT2D eigenvalue weighted by molar-refractivity contribution is 7.71. The van der Waals surface area contributed by atoms with Crippen molar-refractivity contribution in [3.8, 4) is 0 Å². The van der Waals surface area contributed by atoms with Gasteiger partial charge < -0.3 is 14.0 Å². The minimum absolute atomic E-state index is 0.0451. The number of aromatic amines is 1. The fraction of sp³-hybridized carbons (Fsp3) is 0.500. The molecule has 0 spiro atoms.